The molecule has 3 rings (SSSR count). The van der Waals surface area contributed by atoms with E-state index in [0.717, 1.165) is 0 Å². The van der Waals surface area contributed by atoms with Gasteiger partial charge in [-0.15, -0.1) is 0 Å². The number of aliphatic imine (C=N–C) groups is 1. The number of rotatable bonds is 12. The van der Waals surface area contributed by atoms with Crippen LogP contribution in [0.25, 0.3) is 0 Å². The average Bonchev–Trinajstić information content (AvgIpc) is 3.45. The molecule has 5 N–H and O–H groups in total. The molecule has 2 unspecified atom stereocenters. The van der Waals surface area contributed by atoms with E-state index < -0.39 is 59.1 Å². The molecule has 0 spiro atoms. The van der Waals surface area contributed by atoms with Crippen LogP contribution in [0, 0.1) is 0 Å². The Hall–Kier alpha value is -4.33. The number of hydrogen-bond acceptors (Lipinski definition) is 10. The molecule has 1 saturated heterocycles. The summed E-state index contributed by atoms with van der Waals surface area (Å²) in [5.41, 5.74) is 0.0738. The smallest absolute Gasteiger partial charge is 0.425 e. The van der Waals surface area contributed by atoms with Crippen molar-refractivity contribution in [2.45, 2.75) is 19.0 Å². The van der Waals surface area contributed by atoms with Crippen LogP contribution in [0.3, 0.4) is 0 Å². The fourth-order valence-corrected chi connectivity index (χ4v) is 3.84. The normalized spacial score (nSPS) is 19.5. The first kappa shape index (κ1) is 26.3. The Morgan fingerprint density at radius 3 is 2.44 bits per heavy atom. The minimum atomic E-state index is -1.60. The number of benzene rings is 1. The van der Waals surface area contributed by atoms with Crippen LogP contribution in [0.5, 0.6) is 0 Å². The predicted octanol–water partition coefficient (Wildman–Crippen LogP) is -3.43. The third-order valence-electron chi connectivity index (χ3n) is 5.61. The molecule has 14 heteroatoms. The molecule has 1 fully saturated rings. The number of amides is 5. The molecule has 0 saturated carbocycles. The summed E-state index contributed by atoms with van der Waals surface area (Å²) >= 11 is 0. The number of aliphatic carboxylic acids is 1. The number of Topliss-reactive ketones (excluding diaryl/α,β-unsaturated/α-hetero) is 1. The van der Waals surface area contributed by atoms with Crippen LogP contribution in [0.2, 0.25) is 0 Å². The highest BCUT2D eigenvalue weighted by Crippen LogP contribution is 2.15. The molecule has 36 heavy (non-hydrogen) atoms. The third kappa shape index (κ3) is 6.63. The van der Waals surface area contributed by atoms with Gasteiger partial charge >= 0.3 is 11.9 Å². The molecule has 14 nitrogen and oxygen atoms in total. The molecule has 1 aromatic carbocycles. The fraction of sp³-hybridized carbons (Fsp3) is 0.409. The molecule has 192 valence electrons. The van der Waals surface area contributed by atoms with Crippen LogP contribution in [-0.4, -0.2) is 91.4 Å². The number of carboxylic acids is 1. The molecule has 2 atom stereocenters. The van der Waals surface area contributed by atoms with Gasteiger partial charge in [0.25, 0.3) is 11.8 Å². The van der Waals surface area contributed by atoms with Gasteiger partial charge in [0, 0.05) is 37.5 Å². The van der Waals surface area contributed by atoms with Crippen molar-refractivity contribution in [2.75, 3.05) is 39.3 Å². The van der Waals surface area contributed by atoms with Gasteiger partial charge in [-0.1, -0.05) is 30.3 Å². The highest BCUT2D eigenvalue weighted by Gasteiger charge is 2.51. The lowest BCUT2D eigenvalue weighted by Gasteiger charge is -2.28. The maximum atomic E-state index is 12.8. The number of nitrogens with one attached hydrogen (secondary N) is 5. The maximum absolute atomic E-state index is 12.8. The maximum Gasteiger partial charge on any atom is 0.425 e. The van der Waals surface area contributed by atoms with Crippen LogP contribution in [0.15, 0.2) is 35.3 Å². The van der Waals surface area contributed by atoms with Gasteiger partial charge in [-0.2, -0.15) is 4.48 Å². The van der Waals surface area contributed by atoms with Gasteiger partial charge in [-0.3, -0.25) is 24.7 Å². The summed E-state index contributed by atoms with van der Waals surface area (Å²) < 4.78 is -0.817. The molecule has 2 aliphatic rings. The van der Waals surface area contributed by atoms with Crippen molar-refractivity contribution in [3.8, 4) is 0 Å². The zero-order valence-electron chi connectivity index (χ0n) is 19.4. The average molecular weight is 502 g/mol. The molecule has 0 aromatic heterocycles. The van der Waals surface area contributed by atoms with Crippen LogP contribution in [0.4, 0.5) is 4.79 Å². The Balaban J connectivity index is 1.63. The fourth-order valence-electron chi connectivity index (χ4n) is 3.84. The second kappa shape index (κ2) is 11.9. The van der Waals surface area contributed by atoms with E-state index in [1.165, 1.54) is 12.1 Å². The summed E-state index contributed by atoms with van der Waals surface area (Å²) in [6.45, 7) is 0.879. The number of carbonyl (C=O) groups excluding carboxylic acids is 6. The highest BCUT2D eigenvalue weighted by molar-refractivity contribution is 6.42. The number of urea groups is 1. The van der Waals surface area contributed by atoms with E-state index >= 15 is 0 Å². The minimum Gasteiger partial charge on any atom is -0.550 e. The summed E-state index contributed by atoms with van der Waals surface area (Å²) in [5, 5.41) is 24.1. The van der Waals surface area contributed by atoms with Crippen LogP contribution in [0.1, 0.15) is 23.2 Å². The lowest BCUT2D eigenvalue weighted by Crippen LogP contribution is -2.61. The number of carboxylic acid groups (broad SMARTS) is 1. The zero-order valence-corrected chi connectivity index (χ0v) is 19.4. The molecule has 2 heterocycles. The van der Waals surface area contributed by atoms with Gasteiger partial charge in [0.2, 0.25) is 5.78 Å². The number of ketones is 1. The largest absolute Gasteiger partial charge is 0.550 e. The van der Waals surface area contributed by atoms with Crippen LogP contribution >= 0.6 is 0 Å². The van der Waals surface area contributed by atoms with E-state index in [4.69, 9.17) is 0 Å². The van der Waals surface area contributed by atoms with Crippen molar-refractivity contribution in [1.82, 2.24) is 26.6 Å². The van der Waals surface area contributed by atoms with E-state index in [0.29, 0.717) is 32.0 Å². The van der Waals surface area contributed by atoms with Gasteiger partial charge < -0.3 is 31.2 Å². The number of carbonyl (C=O) groups is 6. The lowest BCUT2D eigenvalue weighted by atomic mass is 10.1. The Labute approximate surface area is 206 Å². The molecular formula is C22H27N7O7. The second-order valence-electron chi connectivity index (χ2n) is 8.20. The predicted molar refractivity (Wildman–Crippen MR) is 122 cm³/mol. The van der Waals surface area contributed by atoms with Crippen molar-refractivity contribution in [3.05, 3.63) is 35.9 Å². The SMILES string of the molecule is O=C([O-])CC(NC(=O)C[N+]1(CCCNC2=NCCN2)C(=O)CNC1=O)NC(=O)C(=O)c1ccccc1. The molecule has 0 aliphatic carbocycles. The van der Waals surface area contributed by atoms with Crippen molar-refractivity contribution in [3.63, 3.8) is 0 Å². The quantitative estimate of drug-likeness (QED) is 0.0483. The Bertz CT molecular complexity index is 1060. The van der Waals surface area contributed by atoms with Gasteiger partial charge in [-0.05, 0) is 0 Å². The lowest BCUT2D eigenvalue weighted by molar-refractivity contribution is -0.759. The highest BCUT2D eigenvalue weighted by atomic mass is 16.4. The molecule has 0 bridgehead atoms. The van der Waals surface area contributed by atoms with Gasteiger partial charge in [-0.25, -0.2) is 9.59 Å². The molecule has 1 aromatic rings. The van der Waals surface area contributed by atoms with Crippen molar-refractivity contribution >= 4 is 41.5 Å². The van der Waals surface area contributed by atoms with Crippen molar-refractivity contribution in [2.24, 2.45) is 4.99 Å². The van der Waals surface area contributed by atoms with E-state index in [-0.39, 0.29) is 18.7 Å². The van der Waals surface area contributed by atoms with Crippen molar-refractivity contribution < 1.29 is 38.4 Å². The van der Waals surface area contributed by atoms with Gasteiger partial charge in [0.1, 0.15) is 12.7 Å². The van der Waals surface area contributed by atoms with E-state index in [1.54, 1.807) is 18.2 Å². The van der Waals surface area contributed by atoms with Crippen molar-refractivity contribution in [1.29, 1.82) is 0 Å². The van der Waals surface area contributed by atoms with Gasteiger partial charge in [0.15, 0.2) is 12.5 Å². The first-order chi connectivity index (χ1) is 17.2. The summed E-state index contributed by atoms with van der Waals surface area (Å²) in [6.07, 6.45) is -1.99. The Morgan fingerprint density at radius 2 is 1.83 bits per heavy atom. The summed E-state index contributed by atoms with van der Waals surface area (Å²) in [5.74, 6) is -4.44. The van der Waals surface area contributed by atoms with Gasteiger partial charge in [0.05, 0.1) is 13.1 Å². The molecular weight excluding hydrogens is 474 g/mol. The van der Waals surface area contributed by atoms with E-state index in [1.807, 2.05) is 0 Å². The number of quaternary nitrogens is 1. The number of guanidine groups is 1. The van der Waals surface area contributed by atoms with Crippen LogP contribution < -0.4 is 31.7 Å². The van der Waals surface area contributed by atoms with Crippen LogP contribution in [-0.2, 0) is 19.2 Å². The number of hydrogen-bond donors (Lipinski definition) is 5. The second-order valence-corrected chi connectivity index (χ2v) is 8.20. The Morgan fingerprint density at radius 1 is 1.08 bits per heavy atom. The first-order valence-corrected chi connectivity index (χ1v) is 11.3. The molecule has 2 aliphatic heterocycles. The topological polar surface area (TPSA) is 198 Å². The summed E-state index contributed by atoms with van der Waals surface area (Å²) in [4.78, 5) is 78.0. The number of imide groups is 1. The monoisotopic (exact) mass is 501 g/mol. The molecule has 5 amide bonds. The summed E-state index contributed by atoms with van der Waals surface area (Å²) in [7, 11) is 0. The summed E-state index contributed by atoms with van der Waals surface area (Å²) in [6, 6.07) is 6.91. The Kier molecular flexibility index (Phi) is 8.67. The third-order valence-corrected chi connectivity index (χ3v) is 5.61. The van der Waals surface area contributed by atoms with E-state index in [2.05, 4.69) is 31.6 Å². The number of nitrogens with zero attached hydrogens (tertiary/aromatic N) is 2. The van der Waals surface area contributed by atoms with E-state index in [9.17, 15) is 33.9 Å². The first-order valence-electron chi connectivity index (χ1n) is 11.3. The zero-order chi connectivity index (χ0) is 26.1. The standard InChI is InChI=1S/C22H27N7O7/c30-16(27-15(11-18(32)33)28-20(35)19(34)14-5-2-1-3-6-14)13-29(17(31)12-26-22(29)36)10-4-7-23-21-24-8-9-25-21/h1-3,5-6,15H,4,7-13H2,(H5-,23,24,25,26,27,28,30,32,33,35,36). The minimum absolute atomic E-state index is 0.00235. The molecule has 0 radical (unpaired) electrons.